The maximum Gasteiger partial charge on any atom is 0.316 e. The summed E-state index contributed by atoms with van der Waals surface area (Å²) in [7, 11) is 1.56. The minimum Gasteiger partial charge on any atom is -0.467 e. The number of ether oxygens (including phenoxy) is 1. The van der Waals surface area contributed by atoms with Crippen molar-refractivity contribution in [3.05, 3.63) is 42.1 Å². The highest BCUT2D eigenvalue weighted by Gasteiger charge is 2.06. The van der Waals surface area contributed by atoms with Crippen LogP contribution >= 0.6 is 0 Å². The van der Waals surface area contributed by atoms with Crippen molar-refractivity contribution < 1.29 is 4.74 Å². The van der Waals surface area contributed by atoms with Crippen LogP contribution in [0.25, 0.3) is 11.3 Å². The van der Waals surface area contributed by atoms with Crippen molar-refractivity contribution in [2.45, 2.75) is 19.9 Å². The molecule has 0 radical (unpaired) electrons. The summed E-state index contributed by atoms with van der Waals surface area (Å²) in [6.45, 7) is 3.95. The van der Waals surface area contributed by atoms with Gasteiger partial charge in [-0.3, -0.25) is 0 Å². The molecule has 1 atom stereocenters. The van der Waals surface area contributed by atoms with E-state index in [2.05, 4.69) is 39.6 Å². The summed E-state index contributed by atoms with van der Waals surface area (Å²) in [5.74, 6) is 0. The van der Waals surface area contributed by atoms with Crippen LogP contribution in [0.5, 0.6) is 6.01 Å². The molecule has 2 rings (SSSR count). The fourth-order valence-corrected chi connectivity index (χ4v) is 1.80. The standard InChI is InChI=1S/C15H18N4O/c1-4-17-19-11(2)12-5-7-13(8-6-12)14-9-10-16-15(18-14)20-3/h4-11,19H,1-3H3/b17-4-/t11-/m0/s1. The van der Waals surface area contributed by atoms with E-state index in [1.54, 1.807) is 19.5 Å². The van der Waals surface area contributed by atoms with E-state index in [0.29, 0.717) is 6.01 Å². The van der Waals surface area contributed by atoms with Gasteiger partial charge in [0.25, 0.3) is 0 Å². The Morgan fingerprint density at radius 1 is 1.25 bits per heavy atom. The molecular formula is C15H18N4O. The third-order valence-electron chi connectivity index (χ3n) is 2.92. The molecule has 20 heavy (non-hydrogen) atoms. The van der Waals surface area contributed by atoms with Crippen molar-refractivity contribution in [3.63, 3.8) is 0 Å². The average molecular weight is 270 g/mol. The molecule has 1 aromatic carbocycles. The summed E-state index contributed by atoms with van der Waals surface area (Å²) in [5, 5.41) is 4.04. The quantitative estimate of drug-likeness (QED) is 0.670. The van der Waals surface area contributed by atoms with E-state index in [9.17, 15) is 0 Å². The predicted molar refractivity (Wildman–Crippen MR) is 79.7 cm³/mol. The lowest BCUT2D eigenvalue weighted by Crippen LogP contribution is -2.11. The van der Waals surface area contributed by atoms with Crippen LogP contribution in [0.3, 0.4) is 0 Å². The van der Waals surface area contributed by atoms with Crippen molar-refractivity contribution in [1.82, 2.24) is 15.4 Å². The van der Waals surface area contributed by atoms with Crippen LogP contribution in [0, 0.1) is 0 Å². The van der Waals surface area contributed by atoms with E-state index < -0.39 is 0 Å². The van der Waals surface area contributed by atoms with Gasteiger partial charge in [0, 0.05) is 18.0 Å². The van der Waals surface area contributed by atoms with Gasteiger partial charge in [-0.15, -0.1) is 0 Å². The zero-order chi connectivity index (χ0) is 14.4. The van der Waals surface area contributed by atoms with Crippen molar-refractivity contribution in [2.75, 3.05) is 7.11 Å². The lowest BCUT2D eigenvalue weighted by atomic mass is 10.0. The van der Waals surface area contributed by atoms with Gasteiger partial charge in [0.05, 0.1) is 18.8 Å². The molecule has 5 nitrogen and oxygen atoms in total. The predicted octanol–water partition coefficient (Wildman–Crippen LogP) is 2.81. The zero-order valence-electron chi connectivity index (χ0n) is 11.9. The minimum atomic E-state index is 0.167. The third-order valence-corrected chi connectivity index (χ3v) is 2.92. The molecule has 0 aliphatic rings. The van der Waals surface area contributed by atoms with Crippen molar-refractivity contribution in [3.8, 4) is 17.3 Å². The Hall–Kier alpha value is -2.43. The maximum absolute atomic E-state index is 5.03. The molecule has 0 spiro atoms. The van der Waals surface area contributed by atoms with Crippen LogP contribution < -0.4 is 10.2 Å². The molecule has 104 valence electrons. The van der Waals surface area contributed by atoms with Crippen LogP contribution in [-0.2, 0) is 0 Å². The molecular weight excluding hydrogens is 252 g/mol. The van der Waals surface area contributed by atoms with Crippen LogP contribution in [0.4, 0.5) is 0 Å². The monoisotopic (exact) mass is 270 g/mol. The summed E-state index contributed by atoms with van der Waals surface area (Å²) in [4.78, 5) is 8.32. The number of rotatable bonds is 5. The second-order valence-electron chi connectivity index (χ2n) is 4.29. The number of benzene rings is 1. The lowest BCUT2D eigenvalue weighted by molar-refractivity contribution is 0.380. The molecule has 0 aliphatic heterocycles. The first kappa shape index (κ1) is 14.0. The molecule has 0 amide bonds. The number of aromatic nitrogens is 2. The Labute approximate surface area is 118 Å². The molecule has 1 heterocycles. The number of hydrogen-bond donors (Lipinski definition) is 1. The highest BCUT2D eigenvalue weighted by molar-refractivity contribution is 5.59. The van der Waals surface area contributed by atoms with Crippen LogP contribution in [0.15, 0.2) is 41.6 Å². The molecule has 0 bridgehead atoms. The lowest BCUT2D eigenvalue weighted by Gasteiger charge is -2.12. The molecule has 1 aromatic heterocycles. The Morgan fingerprint density at radius 3 is 2.65 bits per heavy atom. The van der Waals surface area contributed by atoms with Gasteiger partial charge in [-0.2, -0.15) is 10.1 Å². The third kappa shape index (κ3) is 3.32. The second kappa shape index (κ2) is 6.65. The normalized spacial score (nSPS) is 12.3. The zero-order valence-corrected chi connectivity index (χ0v) is 11.9. The molecule has 0 saturated carbocycles. The van der Waals surface area contributed by atoms with Crippen molar-refractivity contribution in [2.24, 2.45) is 5.10 Å². The van der Waals surface area contributed by atoms with Gasteiger partial charge >= 0.3 is 6.01 Å². The number of nitrogens with zero attached hydrogens (tertiary/aromatic N) is 3. The first-order chi connectivity index (χ1) is 9.74. The van der Waals surface area contributed by atoms with Gasteiger partial charge in [0.15, 0.2) is 0 Å². The summed E-state index contributed by atoms with van der Waals surface area (Å²) >= 11 is 0. The Balaban J connectivity index is 2.18. The average Bonchev–Trinajstić information content (AvgIpc) is 2.52. The van der Waals surface area contributed by atoms with Gasteiger partial charge in [-0.05, 0) is 25.5 Å². The molecule has 0 unspecified atom stereocenters. The highest BCUT2D eigenvalue weighted by Crippen LogP contribution is 2.21. The number of methoxy groups -OCH3 is 1. The highest BCUT2D eigenvalue weighted by atomic mass is 16.5. The largest absolute Gasteiger partial charge is 0.467 e. The van der Waals surface area contributed by atoms with E-state index in [-0.39, 0.29) is 6.04 Å². The van der Waals surface area contributed by atoms with Crippen LogP contribution in [0.1, 0.15) is 25.5 Å². The van der Waals surface area contributed by atoms with Gasteiger partial charge < -0.3 is 10.2 Å². The number of hydrazone groups is 1. The van der Waals surface area contributed by atoms with Gasteiger partial charge in [-0.1, -0.05) is 24.3 Å². The van der Waals surface area contributed by atoms with Gasteiger partial charge in [-0.25, -0.2) is 4.98 Å². The fraction of sp³-hybridized carbons (Fsp3) is 0.267. The van der Waals surface area contributed by atoms with E-state index in [0.717, 1.165) is 11.3 Å². The Kier molecular flexibility index (Phi) is 4.65. The minimum absolute atomic E-state index is 0.167. The first-order valence-electron chi connectivity index (χ1n) is 6.45. The smallest absolute Gasteiger partial charge is 0.316 e. The van der Waals surface area contributed by atoms with E-state index in [1.807, 2.05) is 25.1 Å². The Bertz CT molecular complexity index is 581. The number of nitrogens with one attached hydrogen (secondary N) is 1. The summed E-state index contributed by atoms with van der Waals surface area (Å²) in [6, 6.07) is 10.6. The SMILES string of the molecule is C/C=N\N[C@@H](C)c1ccc(-c2ccnc(OC)n2)cc1. The molecule has 0 aliphatic carbocycles. The molecule has 0 fully saturated rings. The fourth-order valence-electron chi connectivity index (χ4n) is 1.80. The molecule has 5 heteroatoms. The van der Waals surface area contributed by atoms with E-state index in [1.165, 1.54) is 5.56 Å². The van der Waals surface area contributed by atoms with E-state index in [4.69, 9.17) is 4.74 Å². The second-order valence-corrected chi connectivity index (χ2v) is 4.29. The topological polar surface area (TPSA) is 59.4 Å². The van der Waals surface area contributed by atoms with Crippen molar-refractivity contribution in [1.29, 1.82) is 0 Å². The molecule has 2 aromatic rings. The maximum atomic E-state index is 5.03. The van der Waals surface area contributed by atoms with Crippen LogP contribution in [0.2, 0.25) is 0 Å². The van der Waals surface area contributed by atoms with E-state index >= 15 is 0 Å². The van der Waals surface area contributed by atoms with Crippen LogP contribution in [-0.4, -0.2) is 23.3 Å². The van der Waals surface area contributed by atoms with Gasteiger partial charge in [0.1, 0.15) is 0 Å². The van der Waals surface area contributed by atoms with Crippen molar-refractivity contribution >= 4 is 6.21 Å². The molecule has 0 saturated heterocycles. The Morgan fingerprint density at radius 2 is 2.00 bits per heavy atom. The summed E-state index contributed by atoms with van der Waals surface area (Å²) in [5.41, 5.74) is 6.09. The molecule has 1 N–H and O–H groups in total. The summed E-state index contributed by atoms with van der Waals surface area (Å²) < 4.78 is 5.03. The first-order valence-corrected chi connectivity index (χ1v) is 6.45. The summed E-state index contributed by atoms with van der Waals surface area (Å²) in [6.07, 6.45) is 3.42. The van der Waals surface area contributed by atoms with Gasteiger partial charge in [0.2, 0.25) is 0 Å². The number of hydrogen-bond acceptors (Lipinski definition) is 5.